The van der Waals surface area contributed by atoms with Gasteiger partial charge in [0.2, 0.25) is 0 Å². The van der Waals surface area contributed by atoms with E-state index in [0.717, 1.165) is 18.5 Å². The highest BCUT2D eigenvalue weighted by Crippen LogP contribution is 2.31. The molecule has 0 amide bonds. The van der Waals surface area contributed by atoms with Gasteiger partial charge in [-0.3, -0.25) is 9.80 Å². The minimum Gasteiger partial charge on any atom is -0.396 e. The van der Waals surface area contributed by atoms with Gasteiger partial charge in [-0.05, 0) is 32.1 Å². The molecule has 3 rings (SSSR count). The summed E-state index contributed by atoms with van der Waals surface area (Å²) >= 11 is 0. The van der Waals surface area contributed by atoms with E-state index in [9.17, 15) is 5.11 Å². The highest BCUT2D eigenvalue weighted by atomic mass is 16.3. The van der Waals surface area contributed by atoms with Gasteiger partial charge in [-0.25, -0.2) is 0 Å². The fourth-order valence-electron chi connectivity index (χ4n) is 4.10. The van der Waals surface area contributed by atoms with Crippen LogP contribution in [0.5, 0.6) is 0 Å². The third-order valence-electron chi connectivity index (χ3n) is 5.41. The second-order valence-electron chi connectivity index (χ2n) is 6.42. The van der Waals surface area contributed by atoms with Crippen molar-refractivity contribution in [1.29, 1.82) is 0 Å². The SMILES string of the molecule is OCC[C@H]1CN(C2CCC2)CCN1C1CCCC1. The summed E-state index contributed by atoms with van der Waals surface area (Å²) in [7, 11) is 0. The number of hydrogen-bond donors (Lipinski definition) is 1. The van der Waals surface area contributed by atoms with Crippen molar-refractivity contribution in [3.8, 4) is 0 Å². The lowest BCUT2D eigenvalue weighted by atomic mass is 9.90. The van der Waals surface area contributed by atoms with Crippen molar-refractivity contribution in [2.24, 2.45) is 0 Å². The Bertz CT molecular complexity index is 261. The van der Waals surface area contributed by atoms with E-state index in [1.807, 2.05) is 0 Å². The van der Waals surface area contributed by atoms with Crippen LogP contribution in [0, 0.1) is 0 Å². The molecule has 0 bridgehead atoms. The van der Waals surface area contributed by atoms with Crippen molar-refractivity contribution in [1.82, 2.24) is 9.80 Å². The normalized spacial score (nSPS) is 32.8. The monoisotopic (exact) mass is 252 g/mol. The first kappa shape index (κ1) is 12.9. The number of aliphatic hydroxyl groups is 1. The van der Waals surface area contributed by atoms with Gasteiger partial charge in [0.05, 0.1) is 0 Å². The van der Waals surface area contributed by atoms with Crippen LogP contribution in [0.2, 0.25) is 0 Å². The summed E-state index contributed by atoms with van der Waals surface area (Å²) in [6, 6.07) is 2.31. The molecule has 2 saturated carbocycles. The van der Waals surface area contributed by atoms with Gasteiger partial charge in [0.15, 0.2) is 0 Å². The molecule has 1 atom stereocenters. The Labute approximate surface area is 111 Å². The Hall–Kier alpha value is -0.120. The first-order valence-electron chi connectivity index (χ1n) is 7.99. The molecule has 1 aliphatic heterocycles. The molecule has 0 spiro atoms. The number of hydrogen-bond acceptors (Lipinski definition) is 3. The van der Waals surface area contributed by atoms with Crippen molar-refractivity contribution < 1.29 is 5.11 Å². The van der Waals surface area contributed by atoms with E-state index >= 15 is 0 Å². The molecule has 0 radical (unpaired) electrons. The van der Waals surface area contributed by atoms with Crippen LogP contribution < -0.4 is 0 Å². The lowest BCUT2D eigenvalue weighted by Gasteiger charge is -2.49. The summed E-state index contributed by atoms with van der Waals surface area (Å²) < 4.78 is 0. The van der Waals surface area contributed by atoms with E-state index in [4.69, 9.17) is 0 Å². The molecule has 3 fully saturated rings. The summed E-state index contributed by atoms with van der Waals surface area (Å²) in [6.45, 7) is 4.07. The summed E-state index contributed by atoms with van der Waals surface area (Å²) in [6.07, 6.45) is 10.8. The van der Waals surface area contributed by atoms with Crippen LogP contribution in [0.1, 0.15) is 51.4 Å². The number of rotatable bonds is 4. The van der Waals surface area contributed by atoms with E-state index in [2.05, 4.69) is 9.80 Å². The molecule has 1 saturated heterocycles. The predicted molar refractivity (Wildman–Crippen MR) is 73.7 cm³/mol. The van der Waals surface area contributed by atoms with Crippen LogP contribution in [0.3, 0.4) is 0 Å². The number of piperazine rings is 1. The van der Waals surface area contributed by atoms with Crippen molar-refractivity contribution >= 4 is 0 Å². The predicted octanol–water partition coefficient (Wildman–Crippen LogP) is 1.85. The van der Waals surface area contributed by atoms with E-state index < -0.39 is 0 Å². The first-order valence-corrected chi connectivity index (χ1v) is 7.99. The van der Waals surface area contributed by atoms with Crippen molar-refractivity contribution in [3.63, 3.8) is 0 Å². The Balaban J connectivity index is 1.60. The third-order valence-corrected chi connectivity index (χ3v) is 5.41. The minimum atomic E-state index is 0.354. The molecule has 0 unspecified atom stereocenters. The topological polar surface area (TPSA) is 26.7 Å². The Morgan fingerprint density at radius 3 is 2.22 bits per heavy atom. The maximum absolute atomic E-state index is 9.33. The average molecular weight is 252 g/mol. The minimum absolute atomic E-state index is 0.354. The fraction of sp³-hybridized carbons (Fsp3) is 1.00. The average Bonchev–Trinajstić information content (AvgIpc) is 2.81. The standard InChI is InChI=1S/C15H28N2O/c18-11-8-15-12-16(13-6-3-7-13)9-10-17(15)14-4-1-2-5-14/h13-15,18H,1-12H2/t15-/m0/s1. The van der Waals surface area contributed by atoms with E-state index in [0.29, 0.717) is 12.6 Å². The van der Waals surface area contributed by atoms with E-state index in [1.165, 1.54) is 64.6 Å². The Morgan fingerprint density at radius 2 is 1.61 bits per heavy atom. The molecule has 1 heterocycles. The van der Waals surface area contributed by atoms with Gasteiger partial charge in [-0.15, -0.1) is 0 Å². The molecular weight excluding hydrogens is 224 g/mol. The van der Waals surface area contributed by atoms with Gasteiger partial charge < -0.3 is 5.11 Å². The maximum atomic E-state index is 9.33. The molecule has 0 aromatic heterocycles. The van der Waals surface area contributed by atoms with Gasteiger partial charge in [0.1, 0.15) is 0 Å². The lowest BCUT2D eigenvalue weighted by molar-refractivity contribution is -0.00484. The van der Waals surface area contributed by atoms with Crippen molar-refractivity contribution in [2.75, 3.05) is 26.2 Å². The van der Waals surface area contributed by atoms with Gasteiger partial charge in [0.25, 0.3) is 0 Å². The Kier molecular flexibility index (Phi) is 4.22. The lowest BCUT2D eigenvalue weighted by Crippen LogP contribution is -2.59. The van der Waals surface area contributed by atoms with E-state index in [-0.39, 0.29) is 0 Å². The van der Waals surface area contributed by atoms with Crippen LogP contribution >= 0.6 is 0 Å². The molecule has 18 heavy (non-hydrogen) atoms. The second kappa shape index (κ2) is 5.89. The summed E-state index contributed by atoms with van der Waals surface area (Å²) in [5, 5.41) is 9.33. The highest BCUT2D eigenvalue weighted by Gasteiger charge is 2.36. The van der Waals surface area contributed by atoms with Crippen molar-refractivity contribution in [3.05, 3.63) is 0 Å². The van der Waals surface area contributed by atoms with Crippen LogP contribution in [0.25, 0.3) is 0 Å². The third kappa shape index (κ3) is 2.59. The zero-order chi connectivity index (χ0) is 12.4. The van der Waals surface area contributed by atoms with Crippen LogP contribution in [-0.2, 0) is 0 Å². The Morgan fingerprint density at radius 1 is 0.889 bits per heavy atom. The summed E-state index contributed by atoms with van der Waals surface area (Å²) in [5.74, 6) is 0. The second-order valence-corrected chi connectivity index (χ2v) is 6.42. The largest absolute Gasteiger partial charge is 0.396 e. The van der Waals surface area contributed by atoms with Gasteiger partial charge in [-0.1, -0.05) is 19.3 Å². The molecule has 2 aliphatic carbocycles. The van der Waals surface area contributed by atoms with Gasteiger partial charge >= 0.3 is 0 Å². The zero-order valence-corrected chi connectivity index (χ0v) is 11.6. The molecule has 3 heteroatoms. The number of aliphatic hydroxyl groups excluding tert-OH is 1. The van der Waals surface area contributed by atoms with Crippen LogP contribution in [0.15, 0.2) is 0 Å². The van der Waals surface area contributed by atoms with Crippen LogP contribution in [0.4, 0.5) is 0 Å². The van der Waals surface area contributed by atoms with Crippen LogP contribution in [-0.4, -0.2) is 59.3 Å². The summed E-state index contributed by atoms with van der Waals surface area (Å²) in [4.78, 5) is 5.44. The quantitative estimate of drug-likeness (QED) is 0.827. The zero-order valence-electron chi connectivity index (χ0n) is 11.6. The highest BCUT2D eigenvalue weighted by molar-refractivity contribution is 4.92. The van der Waals surface area contributed by atoms with Crippen molar-refractivity contribution in [2.45, 2.75) is 69.5 Å². The molecule has 3 aliphatic rings. The fourth-order valence-corrected chi connectivity index (χ4v) is 4.10. The molecule has 0 aromatic rings. The molecule has 104 valence electrons. The summed E-state index contributed by atoms with van der Waals surface area (Å²) in [5.41, 5.74) is 0. The maximum Gasteiger partial charge on any atom is 0.0446 e. The van der Waals surface area contributed by atoms with Gasteiger partial charge in [0, 0.05) is 44.4 Å². The van der Waals surface area contributed by atoms with E-state index in [1.54, 1.807) is 0 Å². The molecule has 1 N–H and O–H groups in total. The number of nitrogens with zero attached hydrogens (tertiary/aromatic N) is 2. The molecule has 0 aromatic carbocycles. The van der Waals surface area contributed by atoms with Gasteiger partial charge in [-0.2, -0.15) is 0 Å². The molecular formula is C15H28N2O. The first-order chi connectivity index (χ1) is 8.88. The smallest absolute Gasteiger partial charge is 0.0446 e. The molecule has 3 nitrogen and oxygen atoms in total.